The largest absolute Gasteiger partial charge is 0.315 e. The molecule has 1 heterocycles. The molecule has 3 atom stereocenters. The number of hydrogen-bond acceptors (Lipinski definition) is 2. The second-order valence-electron chi connectivity index (χ2n) is 7.56. The summed E-state index contributed by atoms with van der Waals surface area (Å²) in [6.07, 6.45) is 7.41. The summed E-state index contributed by atoms with van der Waals surface area (Å²) in [5.41, 5.74) is 0.359. The maximum Gasteiger partial charge on any atom is 0.0240 e. The van der Waals surface area contributed by atoms with E-state index < -0.39 is 0 Å². The average Bonchev–Trinajstić information content (AvgIpc) is 2.34. The van der Waals surface area contributed by atoms with E-state index in [0.29, 0.717) is 11.5 Å². The van der Waals surface area contributed by atoms with Crippen LogP contribution in [0.5, 0.6) is 0 Å². The van der Waals surface area contributed by atoms with Crippen LogP contribution in [0.15, 0.2) is 0 Å². The number of piperidine rings is 1. The minimum absolute atomic E-state index is 0.359. The lowest BCUT2D eigenvalue weighted by molar-refractivity contribution is 0.0680. The Bertz CT molecular complexity index is 256. The van der Waals surface area contributed by atoms with Crippen molar-refractivity contribution in [2.45, 2.75) is 58.9 Å². The molecule has 0 bridgehead atoms. The second kappa shape index (κ2) is 5.92. The number of likely N-dealkylation sites (tertiary alicyclic amines) is 1. The van der Waals surface area contributed by atoms with Gasteiger partial charge in [0.1, 0.15) is 0 Å². The van der Waals surface area contributed by atoms with Gasteiger partial charge in [-0.15, -0.1) is 0 Å². The molecule has 2 nitrogen and oxygen atoms in total. The van der Waals surface area contributed by atoms with E-state index >= 15 is 0 Å². The van der Waals surface area contributed by atoms with Gasteiger partial charge in [-0.1, -0.05) is 40.0 Å². The van der Waals surface area contributed by atoms with E-state index in [1.165, 1.54) is 51.7 Å². The Morgan fingerprint density at radius 3 is 2.39 bits per heavy atom. The summed E-state index contributed by atoms with van der Waals surface area (Å²) < 4.78 is 0. The molecule has 0 aromatic rings. The van der Waals surface area contributed by atoms with E-state index in [0.717, 1.165) is 11.8 Å². The Morgan fingerprint density at radius 2 is 1.78 bits per heavy atom. The van der Waals surface area contributed by atoms with Gasteiger partial charge in [0.15, 0.2) is 0 Å². The molecule has 106 valence electrons. The molecule has 3 unspecified atom stereocenters. The van der Waals surface area contributed by atoms with Crippen LogP contribution in [-0.4, -0.2) is 37.6 Å². The fourth-order valence-electron chi connectivity index (χ4n) is 3.90. The highest BCUT2D eigenvalue weighted by Gasteiger charge is 2.33. The van der Waals surface area contributed by atoms with Gasteiger partial charge in [0.05, 0.1) is 0 Å². The number of hydrogen-bond donors (Lipinski definition) is 1. The van der Waals surface area contributed by atoms with Crippen molar-refractivity contribution in [3.05, 3.63) is 0 Å². The Kier molecular flexibility index (Phi) is 4.71. The molecule has 2 aliphatic rings. The molecule has 0 aromatic heterocycles. The summed E-state index contributed by atoms with van der Waals surface area (Å²) in [4.78, 5) is 2.72. The Labute approximate surface area is 114 Å². The van der Waals surface area contributed by atoms with Gasteiger partial charge in [0, 0.05) is 19.1 Å². The Morgan fingerprint density at radius 1 is 1.11 bits per heavy atom. The molecular formula is C16H32N2. The molecular weight excluding hydrogens is 220 g/mol. The Hall–Kier alpha value is -0.0800. The first-order valence-corrected chi connectivity index (χ1v) is 7.90. The van der Waals surface area contributed by atoms with Crippen molar-refractivity contribution in [1.29, 1.82) is 0 Å². The average molecular weight is 252 g/mol. The summed E-state index contributed by atoms with van der Waals surface area (Å²) in [5, 5.41) is 3.52. The van der Waals surface area contributed by atoms with Crippen molar-refractivity contribution in [3.8, 4) is 0 Å². The highest BCUT2D eigenvalue weighted by atomic mass is 15.2. The maximum atomic E-state index is 3.52. The normalized spacial score (nSPS) is 32.0. The van der Waals surface area contributed by atoms with E-state index in [9.17, 15) is 0 Å². The van der Waals surface area contributed by atoms with Gasteiger partial charge in [0.25, 0.3) is 0 Å². The highest BCUT2D eigenvalue weighted by molar-refractivity contribution is 4.88. The third-order valence-corrected chi connectivity index (χ3v) is 5.21. The van der Waals surface area contributed by atoms with E-state index in [1.807, 2.05) is 0 Å². The van der Waals surface area contributed by atoms with Gasteiger partial charge in [-0.25, -0.2) is 0 Å². The number of fused-ring (bicyclic) bond motifs is 1. The fourth-order valence-corrected chi connectivity index (χ4v) is 3.90. The molecule has 0 spiro atoms. The van der Waals surface area contributed by atoms with E-state index in [4.69, 9.17) is 0 Å². The molecule has 0 aromatic carbocycles. The zero-order chi connectivity index (χ0) is 13.2. The number of nitrogens with zero attached hydrogens (tertiary/aromatic N) is 1. The van der Waals surface area contributed by atoms with Crippen LogP contribution >= 0.6 is 0 Å². The van der Waals surface area contributed by atoms with Gasteiger partial charge in [-0.3, -0.25) is 0 Å². The minimum atomic E-state index is 0.359. The molecule has 0 amide bonds. The molecule has 18 heavy (non-hydrogen) atoms. The fraction of sp³-hybridized carbons (Fsp3) is 1.00. The van der Waals surface area contributed by atoms with Crippen molar-refractivity contribution < 1.29 is 0 Å². The maximum absolute atomic E-state index is 3.52. The first kappa shape index (κ1) is 14.3. The highest BCUT2D eigenvalue weighted by Crippen LogP contribution is 2.36. The molecule has 1 aliphatic heterocycles. The number of rotatable bonds is 3. The van der Waals surface area contributed by atoms with Gasteiger partial charge < -0.3 is 10.2 Å². The molecule has 2 heteroatoms. The minimum Gasteiger partial charge on any atom is -0.315 e. The topological polar surface area (TPSA) is 15.3 Å². The monoisotopic (exact) mass is 252 g/mol. The number of nitrogens with one attached hydrogen (secondary N) is 1. The van der Waals surface area contributed by atoms with Gasteiger partial charge >= 0.3 is 0 Å². The lowest BCUT2D eigenvalue weighted by Gasteiger charge is -2.44. The van der Waals surface area contributed by atoms with Crippen molar-refractivity contribution in [3.63, 3.8) is 0 Å². The van der Waals surface area contributed by atoms with Crippen LogP contribution in [0.4, 0.5) is 0 Å². The SMILES string of the molecule is CNC(CN1CCC2CCCCC2C1)C(C)(C)C. The second-order valence-corrected chi connectivity index (χ2v) is 7.56. The van der Waals surface area contributed by atoms with Gasteiger partial charge in [-0.05, 0) is 43.7 Å². The van der Waals surface area contributed by atoms with Crippen molar-refractivity contribution in [2.75, 3.05) is 26.7 Å². The summed E-state index contributed by atoms with van der Waals surface area (Å²) in [7, 11) is 2.11. The van der Waals surface area contributed by atoms with Gasteiger partial charge in [0.2, 0.25) is 0 Å². The molecule has 1 saturated heterocycles. The Balaban J connectivity index is 1.87. The van der Waals surface area contributed by atoms with Crippen LogP contribution < -0.4 is 5.32 Å². The van der Waals surface area contributed by atoms with E-state index in [2.05, 4.69) is 38.0 Å². The van der Waals surface area contributed by atoms with E-state index in [1.54, 1.807) is 0 Å². The van der Waals surface area contributed by atoms with Crippen LogP contribution in [0, 0.1) is 17.3 Å². The van der Waals surface area contributed by atoms with Crippen LogP contribution in [0.2, 0.25) is 0 Å². The lowest BCUT2D eigenvalue weighted by Crippen LogP contribution is -2.51. The quantitative estimate of drug-likeness (QED) is 0.830. The van der Waals surface area contributed by atoms with Crippen LogP contribution in [-0.2, 0) is 0 Å². The third kappa shape index (κ3) is 3.48. The zero-order valence-electron chi connectivity index (χ0n) is 12.8. The van der Waals surface area contributed by atoms with Crippen LogP contribution in [0.25, 0.3) is 0 Å². The first-order chi connectivity index (χ1) is 8.50. The standard InChI is InChI=1S/C16H32N2/c1-16(2,3)15(17-4)12-18-10-9-13-7-5-6-8-14(13)11-18/h13-15,17H,5-12H2,1-4H3. The summed E-state index contributed by atoms with van der Waals surface area (Å²) in [5.74, 6) is 2.06. The first-order valence-electron chi connectivity index (χ1n) is 7.90. The number of likely N-dealkylation sites (N-methyl/N-ethyl adjacent to an activating group) is 1. The lowest BCUT2D eigenvalue weighted by atomic mass is 9.75. The van der Waals surface area contributed by atoms with Gasteiger partial charge in [-0.2, -0.15) is 0 Å². The van der Waals surface area contributed by atoms with Crippen molar-refractivity contribution in [1.82, 2.24) is 10.2 Å². The van der Waals surface area contributed by atoms with Crippen molar-refractivity contribution >= 4 is 0 Å². The zero-order valence-corrected chi connectivity index (χ0v) is 12.8. The predicted molar refractivity (Wildman–Crippen MR) is 78.8 cm³/mol. The van der Waals surface area contributed by atoms with E-state index in [-0.39, 0.29) is 0 Å². The summed E-state index contributed by atoms with van der Waals surface area (Å²) in [6.45, 7) is 11.0. The summed E-state index contributed by atoms with van der Waals surface area (Å²) >= 11 is 0. The van der Waals surface area contributed by atoms with Crippen LogP contribution in [0.3, 0.4) is 0 Å². The predicted octanol–water partition coefficient (Wildman–Crippen LogP) is 3.13. The molecule has 0 radical (unpaired) electrons. The molecule has 1 aliphatic carbocycles. The molecule has 1 N–H and O–H groups in total. The van der Waals surface area contributed by atoms with Crippen LogP contribution in [0.1, 0.15) is 52.9 Å². The molecule has 1 saturated carbocycles. The summed E-state index contributed by atoms with van der Waals surface area (Å²) in [6, 6.07) is 0.609. The third-order valence-electron chi connectivity index (χ3n) is 5.21. The molecule has 2 fully saturated rings. The van der Waals surface area contributed by atoms with Crippen molar-refractivity contribution in [2.24, 2.45) is 17.3 Å². The smallest absolute Gasteiger partial charge is 0.0240 e. The molecule has 2 rings (SSSR count).